The summed E-state index contributed by atoms with van der Waals surface area (Å²) in [5, 5.41) is 9.41. The van der Waals surface area contributed by atoms with Crippen LogP contribution in [0.5, 0.6) is 0 Å². The molecule has 0 fully saturated rings. The molecular formula is C20H32O. The lowest BCUT2D eigenvalue weighted by Crippen LogP contribution is -2.01. The van der Waals surface area contributed by atoms with Crippen molar-refractivity contribution in [2.24, 2.45) is 5.92 Å². The van der Waals surface area contributed by atoms with E-state index in [0.29, 0.717) is 5.92 Å². The minimum Gasteiger partial charge on any atom is -0.392 e. The average Bonchev–Trinajstić information content (AvgIpc) is 2.44. The first-order valence-corrected chi connectivity index (χ1v) is 8.28. The van der Waals surface area contributed by atoms with Crippen molar-refractivity contribution < 1.29 is 5.11 Å². The van der Waals surface area contributed by atoms with Gasteiger partial charge >= 0.3 is 0 Å². The number of allylic oxidation sites excluding steroid dienone is 6. The molecule has 0 radical (unpaired) electrons. The minimum absolute atomic E-state index is 0.202. The van der Waals surface area contributed by atoms with Crippen LogP contribution >= 0.6 is 0 Å². The van der Waals surface area contributed by atoms with Gasteiger partial charge in [0, 0.05) is 0 Å². The molecule has 0 heterocycles. The zero-order valence-corrected chi connectivity index (χ0v) is 14.1. The maximum atomic E-state index is 9.41. The van der Waals surface area contributed by atoms with Gasteiger partial charge in [-0.25, -0.2) is 0 Å². The van der Waals surface area contributed by atoms with Crippen LogP contribution in [0.25, 0.3) is 0 Å². The third-order valence-electron chi connectivity index (χ3n) is 4.47. The second-order valence-corrected chi connectivity index (χ2v) is 6.52. The maximum Gasteiger partial charge on any atom is 0.0641 e. The number of aliphatic hydroxyl groups excluding tert-OH is 1. The zero-order valence-electron chi connectivity index (χ0n) is 14.1. The van der Waals surface area contributed by atoms with Gasteiger partial charge in [-0.05, 0) is 77.2 Å². The molecule has 0 amide bonds. The van der Waals surface area contributed by atoms with Gasteiger partial charge in [-0.2, -0.15) is 0 Å². The van der Waals surface area contributed by atoms with Crippen molar-refractivity contribution in [3.8, 4) is 0 Å². The topological polar surface area (TPSA) is 20.2 Å². The Morgan fingerprint density at radius 2 is 1.76 bits per heavy atom. The monoisotopic (exact) mass is 288 g/mol. The lowest BCUT2D eigenvalue weighted by molar-refractivity contribution is 0.326. The molecule has 1 rings (SSSR count). The predicted molar refractivity (Wildman–Crippen MR) is 93.3 cm³/mol. The fraction of sp³-hybridized carbons (Fsp3) is 0.600. The normalized spacial score (nSPS) is 30.1. The van der Waals surface area contributed by atoms with Crippen molar-refractivity contribution in [2.45, 2.75) is 65.7 Å². The summed E-state index contributed by atoms with van der Waals surface area (Å²) in [4.78, 5) is 0. The van der Waals surface area contributed by atoms with E-state index in [-0.39, 0.29) is 6.61 Å². The molecule has 1 unspecified atom stereocenters. The van der Waals surface area contributed by atoms with Crippen LogP contribution in [0, 0.1) is 5.92 Å². The van der Waals surface area contributed by atoms with Crippen molar-refractivity contribution in [1.82, 2.24) is 0 Å². The van der Waals surface area contributed by atoms with Gasteiger partial charge in [0.25, 0.3) is 0 Å². The van der Waals surface area contributed by atoms with Crippen LogP contribution in [-0.2, 0) is 0 Å². The lowest BCUT2D eigenvalue weighted by atomic mass is 9.89. The molecule has 1 aliphatic rings. The first-order valence-electron chi connectivity index (χ1n) is 8.28. The third kappa shape index (κ3) is 7.47. The van der Waals surface area contributed by atoms with Gasteiger partial charge in [-0.15, -0.1) is 0 Å². The number of rotatable bonds is 2. The molecule has 0 spiro atoms. The Bertz CT molecular complexity index is 423. The van der Waals surface area contributed by atoms with Gasteiger partial charge in [-0.3, -0.25) is 0 Å². The fourth-order valence-electron chi connectivity index (χ4n) is 2.77. The fourth-order valence-corrected chi connectivity index (χ4v) is 2.77. The molecule has 1 heteroatoms. The van der Waals surface area contributed by atoms with E-state index in [2.05, 4.69) is 45.6 Å². The van der Waals surface area contributed by atoms with Crippen LogP contribution in [0.3, 0.4) is 0 Å². The summed E-state index contributed by atoms with van der Waals surface area (Å²) in [5.41, 5.74) is 5.42. The second kappa shape index (κ2) is 9.78. The second-order valence-electron chi connectivity index (χ2n) is 6.52. The summed E-state index contributed by atoms with van der Waals surface area (Å²) in [5.74, 6) is 0.606. The number of aliphatic hydroxyl groups is 1. The molecule has 1 N–H and O–H groups in total. The smallest absolute Gasteiger partial charge is 0.0641 e. The summed E-state index contributed by atoms with van der Waals surface area (Å²) in [7, 11) is 0. The molecule has 0 bridgehead atoms. The first kappa shape index (κ1) is 18.0. The van der Waals surface area contributed by atoms with Crippen molar-refractivity contribution in [2.75, 3.05) is 6.61 Å². The van der Waals surface area contributed by atoms with Crippen molar-refractivity contribution in [1.29, 1.82) is 0 Å². The van der Waals surface area contributed by atoms with Crippen LogP contribution in [-0.4, -0.2) is 11.7 Å². The van der Waals surface area contributed by atoms with E-state index in [4.69, 9.17) is 0 Å². The Kier molecular flexibility index (Phi) is 8.37. The van der Waals surface area contributed by atoms with Crippen LogP contribution in [0.2, 0.25) is 0 Å². The third-order valence-corrected chi connectivity index (χ3v) is 4.47. The molecular weight excluding hydrogens is 256 g/mol. The molecule has 118 valence electrons. The molecule has 1 nitrogen and oxygen atoms in total. The van der Waals surface area contributed by atoms with Crippen molar-refractivity contribution in [3.05, 3.63) is 47.1 Å². The average molecular weight is 288 g/mol. The van der Waals surface area contributed by atoms with Crippen molar-refractivity contribution >= 4 is 0 Å². The van der Waals surface area contributed by atoms with Gasteiger partial charge in [0.05, 0.1) is 6.61 Å². The van der Waals surface area contributed by atoms with Gasteiger partial charge in [0.2, 0.25) is 0 Å². The van der Waals surface area contributed by atoms with Crippen molar-refractivity contribution in [3.63, 3.8) is 0 Å². The Morgan fingerprint density at radius 1 is 1.10 bits per heavy atom. The van der Waals surface area contributed by atoms with Crippen LogP contribution in [0.15, 0.2) is 47.1 Å². The molecule has 1 aliphatic carbocycles. The predicted octanol–water partition coefficient (Wildman–Crippen LogP) is 5.73. The highest BCUT2D eigenvalue weighted by Gasteiger charge is 2.09. The quantitative estimate of drug-likeness (QED) is 0.643. The summed E-state index contributed by atoms with van der Waals surface area (Å²) in [6.07, 6.45) is 14.6. The standard InChI is InChI=1S/C20H32O/c1-16(2)20-13-11-17(3)7-5-9-19(15-21)10-6-8-18(4)12-14-20/h7,10,12,20-21H,1,5-6,8-9,11,13-15H2,2-4H3/b17-7-,18-12+,19-10+. The lowest BCUT2D eigenvalue weighted by Gasteiger charge is -2.16. The van der Waals surface area contributed by atoms with Crippen LogP contribution < -0.4 is 0 Å². The molecule has 0 aromatic heterocycles. The Morgan fingerprint density at radius 3 is 2.43 bits per heavy atom. The molecule has 21 heavy (non-hydrogen) atoms. The van der Waals surface area contributed by atoms with E-state index < -0.39 is 0 Å². The summed E-state index contributed by atoms with van der Waals surface area (Å²) >= 11 is 0. The zero-order chi connectivity index (χ0) is 15.7. The Labute approximate surface area is 131 Å². The van der Waals surface area contributed by atoms with Crippen LogP contribution in [0.1, 0.15) is 65.7 Å². The Hall–Kier alpha value is -1.08. The van der Waals surface area contributed by atoms with E-state index in [1.165, 1.54) is 28.7 Å². The minimum atomic E-state index is 0.202. The number of hydrogen-bond acceptors (Lipinski definition) is 1. The molecule has 0 aromatic carbocycles. The highest BCUT2D eigenvalue weighted by atomic mass is 16.3. The van der Waals surface area contributed by atoms with Gasteiger partial charge in [0.15, 0.2) is 0 Å². The highest BCUT2D eigenvalue weighted by molar-refractivity contribution is 5.11. The largest absolute Gasteiger partial charge is 0.392 e. The van der Waals surface area contributed by atoms with E-state index in [0.717, 1.165) is 38.5 Å². The molecule has 0 aliphatic heterocycles. The summed E-state index contributed by atoms with van der Waals surface area (Å²) in [6.45, 7) is 11.0. The molecule has 0 saturated carbocycles. The summed E-state index contributed by atoms with van der Waals surface area (Å²) in [6, 6.07) is 0. The Balaban J connectivity index is 2.80. The van der Waals surface area contributed by atoms with Gasteiger partial charge in [0.1, 0.15) is 0 Å². The van der Waals surface area contributed by atoms with E-state index >= 15 is 0 Å². The van der Waals surface area contributed by atoms with Crippen LogP contribution in [0.4, 0.5) is 0 Å². The van der Waals surface area contributed by atoms with Gasteiger partial charge in [-0.1, -0.05) is 41.5 Å². The molecule has 0 saturated heterocycles. The highest BCUT2D eigenvalue weighted by Crippen LogP contribution is 2.24. The SMILES string of the molecule is C=C(C)C1C/C=C(\C)CC/C=C(/CO)CC/C=C(/C)CC1. The molecule has 1 atom stereocenters. The van der Waals surface area contributed by atoms with Gasteiger partial charge < -0.3 is 5.11 Å². The van der Waals surface area contributed by atoms with E-state index in [1.807, 2.05) is 0 Å². The summed E-state index contributed by atoms with van der Waals surface area (Å²) < 4.78 is 0. The molecule has 0 aromatic rings. The van der Waals surface area contributed by atoms with E-state index in [9.17, 15) is 5.11 Å². The van der Waals surface area contributed by atoms with E-state index in [1.54, 1.807) is 0 Å². The number of hydrogen-bond donors (Lipinski definition) is 1. The first-order chi connectivity index (χ1) is 10.0. The maximum absolute atomic E-state index is 9.41.